The summed E-state index contributed by atoms with van der Waals surface area (Å²) in [6, 6.07) is 0. The molecule has 1 rings (SSSR count). The molecule has 1 heterocycles. The zero-order valence-electron chi connectivity index (χ0n) is 7.31. The molecule has 0 saturated heterocycles. The van der Waals surface area contributed by atoms with Gasteiger partial charge in [0.15, 0.2) is 5.96 Å². The molecule has 3 nitrogen and oxygen atoms in total. The van der Waals surface area contributed by atoms with Crippen LogP contribution in [0.2, 0.25) is 0 Å². The van der Waals surface area contributed by atoms with Crippen LogP contribution in [0, 0.1) is 0 Å². The van der Waals surface area contributed by atoms with Gasteiger partial charge in [0, 0.05) is 20.6 Å². The molecule has 0 radical (unpaired) electrons. The molecule has 0 aromatic rings. The standard InChI is InChI=1S/C5H11N3.C2H6/c1-8(2)5-6-3-4-7-5;1-2/h3-4H2,1-2H3,(H,6,7);1-2H3. The summed E-state index contributed by atoms with van der Waals surface area (Å²) in [7, 11) is 3.97. The number of nitrogens with zero attached hydrogens (tertiary/aromatic N) is 2. The first-order valence-corrected chi connectivity index (χ1v) is 3.76. The quantitative estimate of drug-likeness (QED) is 0.536. The Hall–Kier alpha value is -0.730. The molecule has 0 amide bonds. The van der Waals surface area contributed by atoms with Crippen LogP contribution in [-0.4, -0.2) is 38.0 Å². The normalized spacial score (nSPS) is 14.6. The first kappa shape index (κ1) is 9.27. The molecule has 0 unspecified atom stereocenters. The monoisotopic (exact) mass is 143 g/mol. The van der Waals surface area contributed by atoms with E-state index in [-0.39, 0.29) is 0 Å². The van der Waals surface area contributed by atoms with Gasteiger partial charge in [-0.1, -0.05) is 13.8 Å². The number of guanidine groups is 1. The van der Waals surface area contributed by atoms with Gasteiger partial charge in [-0.25, -0.2) is 0 Å². The van der Waals surface area contributed by atoms with Crippen LogP contribution in [0.15, 0.2) is 4.99 Å². The van der Waals surface area contributed by atoms with Crippen molar-refractivity contribution >= 4 is 5.96 Å². The van der Waals surface area contributed by atoms with Crippen molar-refractivity contribution in [3.8, 4) is 0 Å². The molecule has 1 aliphatic rings. The summed E-state index contributed by atoms with van der Waals surface area (Å²) in [5, 5.41) is 3.13. The summed E-state index contributed by atoms with van der Waals surface area (Å²) in [6.45, 7) is 5.92. The van der Waals surface area contributed by atoms with Crippen molar-refractivity contribution < 1.29 is 0 Å². The summed E-state index contributed by atoms with van der Waals surface area (Å²) in [6.07, 6.45) is 0. The highest BCUT2D eigenvalue weighted by Crippen LogP contribution is 1.85. The van der Waals surface area contributed by atoms with Crippen LogP contribution in [0.3, 0.4) is 0 Å². The maximum atomic E-state index is 4.17. The van der Waals surface area contributed by atoms with Crippen LogP contribution >= 0.6 is 0 Å². The highest BCUT2D eigenvalue weighted by Gasteiger charge is 2.04. The second-order valence-corrected chi connectivity index (χ2v) is 2.03. The van der Waals surface area contributed by atoms with E-state index in [1.165, 1.54) is 0 Å². The van der Waals surface area contributed by atoms with Gasteiger partial charge >= 0.3 is 0 Å². The number of hydrogen-bond donors (Lipinski definition) is 1. The van der Waals surface area contributed by atoms with Crippen LogP contribution in [0.25, 0.3) is 0 Å². The van der Waals surface area contributed by atoms with Gasteiger partial charge in [0.05, 0.1) is 6.54 Å². The fourth-order valence-electron chi connectivity index (χ4n) is 0.685. The molecule has 0 aromatic heterocycles. The summed E-state index contributed by atoms with van der Waals surface area (Å²) >= 11 is 0. The van der Waals surface area contributed by atoms with Gasteiger partial charge in [0.2, 0.25) is 0 Å². The van der Waals surface area contributed by atoms with Crippen LogP contribution in [0.1, 0.15) is 13.8 Å². The lowest BCUT2D eigenvalue weighted by Crippen LogP contribution is -2.32. The number of aliphatic imine (C=N–C) groups is 1. The smallest absolute Gasteiger partial charge is 0.193 e. The molecule has 0 fully saturated rings. The number of rotatable bonds is 0. The third kappa shape index (κ3) is 2.71. The Kier molecular flexibility index (Phi) is 4.72. The minimum Gasteiger partial charge on any atom is -0.354 e. The van der Waals surface area contributed by atoms with E-state index >= 15 is 0 Å². The Morgan fingerprint density at radius 3 is 2.20 bits per heavy atom. The number of hydrogen-bond acceptors (Lipinski definition) is 3. The molecular weight excluding hydrogens is 126 g/mol. The molecular formula is C7H17N3. The second kappa shape index (κ2) is 5.09. The minimum absolute atomic E-state index is 0.924. The fraction of sp³-hybridized carbons (Fsp3) is 0.857. The van der Waals surface area contributed by atoms with Crippen LogP contribution in [0.5, 0.6) is 0 Å². The van der Waals surface area contributed by atoms with Gasteiger partial charge in [0.1, 0.15) is 0 Å². The molecule has 1 N–H and O–H groups in total. The Morgan fingerprint density at radius 1 is 1.40 bits per heavy atom. The van der Waals surface area contributed by atoms with E-state index in [0.717, 1.165) is 19.0 Å². The molecule has 0 bridgehead atoms. The van der Waals surface area contributed by atoms with Gasteiger partial charge in [-0.3, -0.25) is 4.99 Å². The van der Waals surface area contributed by atoms with E-state index in [9.17, 15) is 0 Å². The molecule has 0 saturated carbocycles. The summed E-state index contributed by atoms with van der Waals surface area (Å²) in [4.78, 5) is 6.15. The van der Waals surface area contributed by atoms with Gasteiger partial charge in [-0.2, -0.15) is 0 Å². The predicted molar refractivity (Wildman–Crippen MR) is 45.3 cm³/mol. The van der Waals surface area contributed by atoms with Crippen molar-refractivity contribution in [1.29, 1.82) is 0 Å². The van der Waals surface area contributed by atoms with Gasteiger partial charge < -0.3 is 10.2 Å². The van der Waals surface area contributed by atoms with Crippen molar-refractivity contribution in [3.05, 3.63) is 0 Å². The third-order valence-corrected chi connectivity index (χ3v) is 1.08. The summed E-state index contributed by atoms with van der Waals surface area (Å²) < 4.78 is 0. The molecule has 1 aliphatic heterocycles. The van der Waals surface area contributed by atoms with E-state index in [1.54, 1.807) is 0 Å². The highest BCUT2D eigenvalue weighted by atomic mass is 15.3. The highest BCUT2D eigenvalue weighted by molar-refractivity contribution is 5.80. The second-order valence-electron chi connectivity index (χ2n) is 2.03. The van der Waals surface area contributed by atoms with E-state index < -0.39 is 0 Å². The summed E-state index contributed by atoms with van der Waals surface area (Å²) in [5.41, 5.74) is 0. The number of nitrogens with one attached hydrogen (secondary N) is 1. The summed E-state index contributed by atoms with van der Waals surface area (Å²) in [5.74, 6) is 1.00. The van der Waals surface area contributed by atoms with E-state index in [2.05, 4.69) is 10.3 Å². The molecule has 10 heavy (non-hydrogen) atoms. The lowest BCUT2D eigenvalue weighted by Gasteiger charge is -2.10. The topological polar surface area (TPSA) is 27.6 Å². The van der Waals surface area contributed by atoms with Gasteiger partial charge in [-0.15, -0.1) is 0 Å². The first-order valence-electron chi connectivity index (χ1n) is 3.76. The third-order valence-electron chi connectivity index (χ3n) is 1.08. The maximum Gasteiger partial charge on any atom is 0.193 e. The van der Waals surface area contributed by atoms with E-state index in [1.807, 2.05) is 32.8 Å². The Balaban J connectivity index is 0.000000371. The minimum atomic E-state index is 0.924. The largest absolute Gasteiger partial charge is 0.354 e. The van der Waals surface area contributed by atoms with Crippen LogP contribution in [-0.2, 0) is 0 Å². The molecule has 0 aromatic carbocycles. The lowest BCUT2D eigenvalue weighted by molar-refractivity contribution is 0.601. The SMILES string of the molecule is CC.CN(C)C1=NCCN1. The molecule has 60 valence electrons. The van der Waals surface area contributed by atoms with Crippen LogP contribution < -0.4 is 5.32 Å². The van der Waals surface area contributed by atoms with Crippen LogP contribution in [0.4, 0.5) is 0 Å². The zero-order chi connectivity index (χ0) is 7.98. The lowest BCUT2D eigenvalue weighted by atomic mass is 10.7. The Bertz CT molecular complexity index is 107. The van der Waals surface area contributed by atoms with Gasteiger partial charge in [-0.05, 0) is 0 Å². The van der Waals surface area contributed by atoms with Crippen molar-refractivity contribution in [3.63, 3.8) is 0 Å². The average Bonchev–Trinajstić information content (AvgIpc) is 2.42. The average molecular weight is 143 g/mol. The van der Waals surface area contributed by atoms with E-state index in [0.29, 0.717) is 0 Å². The van der Waals surface area contributed by atoms with Crippen molar-refractivity contribution in [1.82, 2.24) is 10.2 Å². The fourth-order valence-corrected chi connectivity index (χ4v) is 0.685. The Morgan fingerprint density at radius 2 is 2.00 bits per heavy atom. The first-order chi connectivity index (χ1) is 4.80. The van der Waals surface area contributed by atoms with Gasteiger partial charge in [0.25, 0.3) is 0 Å². The van der Waals surface area contributed by atoms with Crippen molar-refractivity contribution in [2.75, 3.05) is 27.2 Å². The molecule has 0 spiro atoms. The Labute approximate surface area is 63.1 Å². The molecule has 0 atom stereocenters. The van der Waals surface area contributed by atoms with Crippen molar-refractivity contribution in [2.45, 2.75) is 13.8 Å². The van der Waals surface area contributed by atoms with E-state index in [4.69, 9.17) is 0 Å². The molecule has 0 aliphatic carbocycles. The van der Waals surface area contributed by atoms with Crippen molar-refractivity contribution in [2.24, 2.45) is 4.99 Å². The predicted octanol–water partition coefficient (Wildman–Crippen LogP) is 0.533. The maximum absolute atomic E-state index is 4.17. The molecule has 3 heteroatoms. The zero-order valence-corrected chi connectivity index (χ0v) is 7.31.